The molecule has 26 heavy (non-hydrogen) atoms. The van der Waals surface area contributed by atoms with Crippen LogP contribution in [0, 0.1) is 19.7 Å². The van der Waals surface area contributed by atoms with Crippen molar-refractivity contribution in [2.75, 3.05) is 0 Å². The third-order valence-corrected chi connectivity index (χ3v) is 5.06. The summed E-state index contributed by atoms with van der Waals surface area (Å²) in [6.45, 7) is 4.19. The van der Waals surface area contributed by atoms with Crippen LogP contribution in [0.25, 0.3) is 22.6 Å². The number of nitrogens with zero attached hydrogens (tertiary/aromatic N) is 3. The summed E-state index contributed by atoms with van der Waals surface area (Å²) in [6.07, 6.45) is 0.456. The molecule has 4 rings (SSSR count). The van der Waals surface area contributed by atoms with Crippen molar-refractivity contribution in [1.82, 2.24) is 15.1 Å². The maximum Gasteiger partial charge on any atom is 0.233 e. The first kappa shape index (κ1) is 16.6. The van der Waals surface area contributed by atoms with Gasteiger partial charge in [-0.15, -0.1) is 11.3 Å². The van der Waals surface area contributed by atoms with Crippen molar-refractivity contribution in [3.05, 3.63) is 75.7 Å². The van der Waals surface area contributed by atoms with Crippen LogP contribution >= 0.6 is 11.3 Å². The molecule has 6 heteroatoms. The minimum Gasteiger partial charge on any atom is -0.339 e. The molecule has 4 aromatic rings. The Labute approximate surface area is 154 Å². The zero-order chi connectivity index (χ0) is 18.1. The SMILES string of the molecule is Cc1ccc(-c2csc(Cc3nc(-c4cccc(F)c4)no3)n2)cc1C. The number of aryl methyl sites for hydroxylation is 2. The molecule has 0 aliphatic heterocycles. The van der Waals surface area contributed by atoms with Gasteiger partial charge in [0.1, 0.15) is 10.8 Å². The van der Waals surface area contributed by atoms with Crippen molar-refractivity contribution in [2.45, 2.75) is 20.3 Å². The summed E-state index contributed by atoms with van der Waals surface area (Å²) in [4.78, 5) is 9.02. The zero-order valence-corrected chi connectivity index (χ0v) is 15.2. The topological polar surface area (TPSA) is 51.8 Å². The number of halogens is 1. The number of hydrogen-bond donors (Lipinski definition) is 0. The summed E-state index contributed by atoms with van der Waals surface area (Å²) in [6, 6.07) is 12.5. The van der Waals surface area contributed by atoms with E-state index in [1.165, 1.54) is 23.3 Å². The fourth-order valence-corrected chi connectivity index (χ4v) is 3.42. The minimum atomic E-state index is -0.327. The molecular formula is C20H16FN3OS. The first-order chi connectivity index (χ1) is 12.6. The highest BCUT2D eigenvalue weighted by molar-refractivity contribution is 7.10. The van der Waals surface area contributed by atoms with Gasteiger partial charge in [0.15, 0.2) is 0 Å². The van der Waals surface area contributed by atoms with Crippen molar-refractivity contribution in [2.24, 2.45) is 0 Å². The highest BCUT2D eigenvalue weighted by atomic mass is 32.1. The smallest absolute Gasteiger partial charge is 0.233 e. The van der Waals surface area contributed by atoms with Gasteiger partial charge in [-0.2, -0.15) is 4.98 Å². The fraction of sp³-hybridized carbons (Fsp3) is 0.150. The van der Waals surface area contributed by atoms with E-state index >= 15 is 0 Å². The Morgan fingerprint density at radius 3 is 2.69 bits per heavy atom. The lowest BCUT2D eigenvalue weighted by atomic mass is 10.1. The Bertz CT molecular complexity index is 1070. The number of thiazole rings is 1. The maximum atomic E-state index is 13.3. The number of benzene rings is 2. The maximum absolute atomic E-state index is 13.3. The second-order valence-electron chi connectivity index (χ2n) is 6.12. The molecule has 0 saturated carbocycles. The quantitative estimate of drug-likeness (QED) is 0.498. The van der Waals surface area contributed by atoms with Crippen molar-refractivity contribution >= 4 is 11.3 Å². The number of hydrogen-bond acceptors (Lipinski definition) is 5. The molecule has 0 amide bonds. The molecule has 0 aliphatic rings. The molecular weight excluding hydrogens is 349 g/mol. The van der Waals surface area contributed by atoms with Crippen LogP contribution in [0.5, 0.6) is 0 Å². The van der Waals surface area contributed by atoms with Gasteiger partial charge in [0.25, 0.3) is 0 Å². The van der Waals surface area contributed by atoms with Gasteiger partial charge >= 0.3 is 0 Å². The normalized spacial score (nSPS) is 11.0. The van der Waals surface area contributed by atoms with Gasteiger partial charge in [0, 0.05) is 16.5 Å². The van der Waals surface area contributed by atoms with Crippen LogP contribution in [0.4, 0.5) is 4.39 Å². The Balaban J connectivity index is 1.53. The molecule has 4 nitrogen and oxygen atoms in total. The third-order valence-electron chi connectivity index (χ3n) is 4.21. The van der Waals surface area contributed by atoms with E-state index in [2.05, 4.69) is 47.2 Å². The summed E-state index contributed by atoms with van der Waals surface area (Å²) >= 11 is 1.56. The molecule has 0 bridgehead atoms. The minimum absolute atomic E-state index is 0.327. The molecule has 0 N–H and O–H groups in total. The van der Waals surface area contributed by atoms with Crippen molar-refractivity contribution in [1.29, 1.82) is 0 Å². The summed E-state index contributed by atoms with van der Waals surface area (Å²) in [5.74, 6) is 0.516. The van der Waals surface area contributed by atoms with Crippen molar-refractivity contribution in [3.63, 3.8) is 0 Å². The molecule has 0 saturated heterocycles. The molecule has 2 aromatic carbocycles. The lowest BCUT2D eigenvalue weighted by Gasteiger charge is -2.02. The second kappa shape index (κ2) is 6.80. The first-order valence-corrected chi connectivity index (χ1v) is 9.07. The molecule has 130 valence electrons. The largest absolute Gasteiger partial charge is 0.339 e. The Morgan fingerprint density at radius 2 is 1.88 bits per heavy atom. The van der Waals surface area contributed by atoms with E-state index < -0.39 is 0 Å². The molecule has 0 fully saturated rings. The molecule has 0 aliphatic carbocycles. The fourth-order valence-electron chi connectivity index (χ4n) is 2.63. The molecule has 2 heterocycles. The van der Waals surface area contributed by atoms with E-state index in [4.69, 9.17) is 4.52 Å². The molecule has 0 spiro atoms. The van der Waals surface area contributed by atoms with Crippen LogP contribution in [0.3, 0.4) is 0 Å². The first-order valence-electron chi connectivity index (χ1n) is 8.19. The number of rotatable bonds is 4. The average Bonchev–Trinajstić information content (AvgIpc) is 3.28. The van der Waals surface area contributed by atoms with Gasteiger partial charge in [-0.25, -0.2) is 9.37 Å². The van der Waals surface area contributed by atoms with Crippen LogP contribution in [0.1, 0.15) is 22.0 Å². The highest BCUT2D eigenvalue weighted by Gasteiger charge is 2.13. The molecule has 0 radical (unpaired) electrons. The van der Waals surface area contributed by atoms with Crippen molar-refractivity contribution in [3.8, 4) is 22.6 Å². The third kappa shape index (κ3) is 3.41. The van der Waals surface area contributed by atoms with Gasteiger partial charge < -0.3 is 4.52 Å². The molecule has 0 atom stereocenters. The Kier molecular flexibility index (Phi) is 4.34. The van der Waals surface area contributed by atoms with Gasteiger partial charge in [-0.05, 0) is 43.2 Å². The summed E-state index contributed by atoms with van der Waals surface area (Å²) < 4.78 is 18.6. The van der Waals surface area contributed by atoms with Crippen LogP contribution in [0.2, 0.25) is 0 Å². The summed E-state index contributed by atoms with van der Waals surface area (Å²) in [7, 11) is 0. The average molecular weight is 365 g/mol. The van der Waals surface area contributed by atoms with E-state index in [0.29, 0.717) is 23.7 Å². The van der Waals surface area contributed by atoms with Crippen LogP contribution in [0.15, 0.2) is 52.4 Å². The van der Waals surface area contributed by atoms with Crippen LogP contribution in [-0.4, -0.2) is 15.1 Å². The van der Waals surface area contributed by atoms with E-state index in [9.17, 15) is 4.39 Å². The predicted molar refractivity (Wildman–Crippen MR) is 99.5 cm³/mol. The van der Waals surface area contributed by atoms with E-state index in [1.54, 1.807) is 23.5 Å². The van der Waals surface area contributed by atoms with Crippen LogP contribution in [-0.2, 0) is 6.42 Å². The van der Waals surface area contributed by atoms with Gasteiger partial charge in [0.05, 0.1) is 12.1 Å². The van der Waals surface area contributed by atoms with E-state index in [1.807, 2.05) is 5.38 Å². The van der Waals surface area contributed by atoms with Gasteiger partial charge in [-0.1, -0.05) is 29.4 Å². The Hall–Kier alpha value is -2.86. The molecule has 2 aromatic heterocycles. The zero-order valence-electron chi connectivity index (χ0n) is 14.4. The van der Waals surface area contributed by atoms with Crippen LogP contribution < -0.4 is 0 Å². The lowest BCUT2D eigenvalue weighted by Crippen LogP contribution is -1.89. The Morgan fingerprint density at radius 1 is 1.00 bits per heavy atom. The van der Waals surface area contributed by atoms with Crippen molar-refractivity contribution < 1.29 is 8.91 Å². The lowest BCUT2D eigenvalue weighted by molar-refractivity contribution is 0.385. The van der Waals surface area contributed by atoms with E-state index in [0.717, 1.165) is 16.3 Å². The second-order valence-corrected chi connectivity index (χ2v) is 7.07. The van der Waals surface area contributed by atoms with Gasteiger partial charge in [-0.3, -0.25) is 0 Å². The monoisotopic (exact) mass is 365 g/mol. The van der Waals surface area contributed by atoms with E-state index in [-0.39, 0.29) is 5.82 Å². The van der Waals surface area contributed by atoms with Gasteiger partial charge in [0.2, 0.25) is 11.7 Å². The summed E-state index contributed by atoms with van der Waals surface area (Å²) in [5, 5.41) is 6.86. The summed E-state index contributed by atoms with van der Waals surface area (Å²) in [5.41, 5.74) is 5.14. The predicted octanol–water partition coefficient (Wildman–Crippen LogP) is 5.21. The highest BCUT2D eigenvalue weighted by Crippen LogP contribution is 2.25. The molecule has 0 unspecified atom stereocenters. The number of aromatic nitrogens is 3. The standard InChI is InChI=1S/C20H16FN3OS/c1-12-6-7-14(8-13(12)2)17-11-26-19(22-17)10-18-23-20(24-25-18)15-4-3-5-16(21)9-15/h3-9,11H,10H2,1-2H3.